The summed E-state index contributed by atoms with van der Waals surface area (Å²) >= 11 is 0. The van der Waals surface area contributed by atoms with E-state index in [0.717, 1.165) is 17.8 Å². The van der Waals surface area contributed by atoms with Crippen LogP contribution in [0.25, 0.3) is 0 Å². The first-order chi connectivity index (χ1) is 8.20. The van der Waals surface area contributed by atoms with Crippen LogP contribution in [0.2, 0.25) is 0 Å². The Morgan fingerprint density at radius 1 is 1.47 bits per heavy atom. The molecule has 0 amide bonds. The van der Waals surface area contributed by atoms with Gasteiger partial charge in [0.2, 0.25) is 0 Å². The number of aromatic nitrogens is 3. The lowest BCUT2D eigenvalue weighted by atomic mass is 9.96. The van der Waals surface area contributed by atoms with Gasteiger partial charge in [-0.1, -0.05) is 25.0 Å². The molecule has 0 bridgehead atoms. The highest BCUT2D eigenvalue weighted by atomic mass is 15.2. The van der Waals surface area contributed by atoms with Crippen molar-refractivity contribution in [2.75, 3.05) is 0 Å². The van der Waals surface area contributed by atoms with Gasteiger partial charge in [0.1, 0.15) is 12.2 Å². The van der Waals surface area contributed by atoms with Crippen LogP contribution in [0.5, 0.6) is 0 Å². The summed E-state index contributed by atoms with van der Waals surface area (Å²) in [4.78, 5) is 0. The first-order valence-corrected chi connectivity index (χ1v) is 5.60. The summed E-state index contributed by atoms with van der Waals surface area (Å²) in [6.45, 7) is 2.17. The van der Waals surface area contributed by atoms with E-state index in [2.05, 4.69) is 35.2 Å². The zero-order valence-corrected chi connectivity index (χ0v) is 10.1. The molecule has 2 aromatic rings. The predicted molar refractivity (Wildman–Crippen MR) is 67.5 cm³/mol. The molecule has 86 valence electrons. The average molecular weight is 225 g/mol. The van der Waals surface area contributed by atoms with E-state index in [4.69, 9.17) is 6.42 Å². The SMILES string of the molecule is C#Cc1cccc([C@H](C)Cc2nncn2C)c1. The van der Waals surface area contributed by atoms with Crippen LogP contribution < -0.4 is 0 Å². The molecule has 1 atom stereocenters. The molecule has 0 aliphatic rings. The van der Waals surface area contributed by atoms with E-state index in [1.54, 1.807) is 6.33 Å². The van der Waals surface area contributed by atoms with Gasteiger partial charge in [-0.05, 0) is 23.6 Å². The quantitative estimate of drug-likeness (QED) is 0.749. The Hall–Kier alpha value is -2.08. The summed E-state index contributed by atoms with van der Waals surface area (Å²) in [5.74, 6) is 4.03. The lowest BCUT2D eigenvalue weighted by Gasteiger charge is -2.11. The number of benzene rings is 1. The van der Waals surface area contributed by atoms with Gasteiger partial charge in [-0.25, -0.2) is 0 Å². The number of hydrogen-bond acceptors (Lipinski definition) is 2. The van der Waals surface area contributed by atoms with Crippen LogP contribution in [0.4, 0.5) is 0 Å². The van der Waals surface area contributed by atoms with Crippen molar-refractivity contribution in [1.82, 2.24) is 14.8 Å². The third-order valence-electron chi connectivity index (χ3n) is 2.92. The van der Waals surface area contributed by atoms with Crippen LogP contribution in [0.15, 0.2) is 30.6 Å². The molecule has 3 nitrogen and oxygen atoms in total. The third-order valence-corrected chi connectivity index (χ3v) is 2.92. The van der Waals surface area contributed by atoms with E-state index in [-0.39, 0.29) is 0 Å². The maximum absolute atomic E-state index is 5.40. The summed E-state index contributed by atoms with van der Waals surface area (Å²) in [6.07, 6.45) is 7.99. The van der Waals surface area contributed by atoms with Crippen LogP contribution in [0.3, 0.4) is 0 Å². The standard InChI is InChI=1S/C14H15N3/c1-4-12-6-5-7-13(9-12)11(2)8-14-16-15-10-17(14)3/h1,5-7,9-11H,8H2,2-3H3/t11-/m1/s1. The molecule has 1 aromatic heterocycles. The Kier molecular flexibility index (Phi) is 3.24. The van der Waals surface area contributed by atoms with Gasteiger partial charge in [-0.3, -0.25) is 0 Å². The summed E-state index contributed by atoms with van der Waals surface area (Å²) < 4.78 is 1.95. The number of aryl methyl sites for hydroxylation is 1. The van der Waals surface area contributed by atoms with Crippen molar-refractivity contribution < 1.29 is 0 Å². The van der Waals surface area contributed by atoms with Crippen LogP contribution in [-0.4, -0.2) is 14.8 Å². The summed E-state index contributed by atoms with van der Waals surface area (Å²) in [6, 6.07) is 8.10. The first-order valence-electron chi connectivity index (χ1n) is 5.60. The minimum Gasteiger partial charge on any atom is -0.321 e. The smallest absolute Gasteiger partial charge is 0.133 e. The van der Waals surface area contributed by atoms with Crippen molar-refractivity contribution in [3.63, 3.8) is 0 Å². The number of terminal acetylenes is 1. The zero-order chi connectivity index (χ0) is 12.3. The summed E-state index contributed by atoms with van der Waals surface area (Å²) in [5, 5.41) is 7.98. The molecule has 2 rings (SSSR count). The van der Waals surface area contributed by atoms with Gasteiger partial charge in [0, 0.05) is 19.0 Å². The van der Waals surface area contributed by atoms with Crippen LogP contribution >= 0.6 is 0 Å². The molecule has 0 aliphatic carbocycles. The van der Waals surface area contributed by atoms with Crippen LogP contribution in [0, 0.1) is 12.3 Å². The molecule has 1 aromatic carbocycles. The Labute approximate surface area is 102 Å². The van der Waals surface area contributed by atoms with E-state index in [1.165, 1.54) is 5.56 Å². The fourth-order valence-electron chi connectivity index (χ4n) is 1.82. The molecule has 0 radical (unpaired) electrons. The lowest BCUT2D eigenvalue weighted by molar-refractivity contribution is 0.681. The van der Waals surface area contributed by atoms with Gasteiger partial charge in [0.15, 0.2) is 0 Å². The summed E-state index contributed by atoms with van der Waals surface area (Å²) in [5.41, 5.74) is 2.16. The van der Waals surface area contributed by atoms with E-state index in [1.807, 2.05) is 23.7 Å². The van der Waals surface area contributed by atoms with Gasteiger partial charge < -0.3 is 4.57 Å². The second-order valence-electron chi connectivity index (χ2n) is 4.23. The van der Waals surface area contributed by atoms with Crippen LogP contribution in [0.1, 0.15) is 29.8 Å². The number of nitrogens with zero attached hydrogens (tertiary/aromatic N) is 3. The van der Waals surface area contributed by atoms with E-state index in [9.17, 15) is 0 Å². The molecule has 0 saturated carbocycles. The van der Waals surface area contributed by atoms with Gasteiger partial charge in [-0.15, -0.1) is 16.6 Å². The molecule has 0 fully saturated rings. The Morgan fingerprint density at radius 3 is 2.94 bits per heavy atom. The maximum atomic E-state index is 5.40. The molecule has 0 unspecified atom stereocenters. The van der Waals surface area contributed by atoms with Crippen molar-refractivity contribution in [1.29, 1.82) is 0 Å². The normalized spacial score (nSPS) is 12.1. The molecule has 0 N–H and O–H groups in total. The summed E-state index contributed by atoms with van der Waals surface area (Å²) in [7, 11) is 1.96. The number of hydrogen-bond donors (Lipinski definition) is 0. The molecule has 0 saturated heterocycles. The van der Waals surface area contributed by atoms with Crippen molar-refractivity contribution in [2.24, 2.45) is 7.05 Å². The molecule has 17 heavy (non-hydrogen) atoms. The Balaban J connectivity index is 2.17. The maximum Gasteiger partial charge on any atom is 0.133 e. The van der Waals surface area contributed by atoms with Gasteiger partial charge >= 0.3 is 0 Å². The molecule has 3 heteroatoms. The van der Waals surface area contributed by atoms with Gasteiger partial charge in [0.25, 0.3) is 0 Å². The fourth-order valence-corrected chi connectivity index (χ4v) is 1.82. The minimum atomic E-state index is 0.381. The highest BCUT2D eigenvalue weighted by Gasteiger charge is 2.10. The minimum absolute atomic E-state index is 0.381. The zero-order valence-electron chi connectivity index (χ0n) is 10.1. The van der Waals surface area contributed by atoms with Crippen LogP contribution in [-0.2, 0) is 13.5 Å². The molecular formula is C14H15N3. The topological polar surface area (TPSA) is 30.7 Å². The largest absolute Gasteiger partial charge is 0.321 e. The second-order valence-corrected chi connectivity index (χ2v) is 4.23. The first kappa shape index (κ1) is 11.4. The molecule has 0 aliphatic heterocycles. The Morgan fingerprint density at radius 2 is 2.29 bits per heavy atom. The molecule has 0 spiro atoms. The molecule has 1 heterocycles. The average Bonchev–Trinajstić information content (AvgIpc) is 2.75. The number of rotatable bonds is 3. The predicted octanol–water partition coefficient (Wildman–Crippen LogP) is 2.14. The van der Waals surface area contributed by atoms with E-state index >= 15 is 0 Å². The second kappa shape index (κ2) is 4.84. The fraction of sp³-hybridized carbons (Fsp3) is 0.286. The van der Waals surface area contributed by atoms with Crippen molar-refractivity contribution in [2.45, 2.75) is 19.3 Å². The van der Waals surface area contributed by atoms with E-state index in [0.29, 0.717) is 5.92 Å². The highest BCUT2D eigenvalue weighted by Crippen LogP contribution is 2.20. The highest BCUT2D eigenvalue weighted by molar-refractivity contribution is 5.36. The van der Waals surface area contributed by atoms with Crippen molar-refractivity contribution >= 4 is 0 Å². The third kappa shape index (κ3) is 2.54. The lowest BCUT2D eigenvalue weighted by Crippen LogP contribution is -2.04. The molecular weight excluding hydrogens is 210 g/mol. The Bertz CT molecular complexity index is 549. The van der Waals surface area contributed by atoms with Crippen molar-refractivity contribution in [3.8, 4) is 12.3 Å². The van der Waals surface area contributed by atoms with Gasteiger partial charge in [-0.2, -0.15) is 0 Å². The monoisotopic (exact) mass is 225 g/mol. The van der Waals surface area contributed by atoms with Crippen molar-refractivity contribution in [3.05, 3.63) is 47.5 Å². The van der Waals surface area contributed by atoms with Gasteiger partial charge in [0.05, 0.1) is 0 Å². The van der Waals surface area contributed by atoms with E-state index < -0.39 is 0 Å².